The van der Waals surface area contributed by atoms with Crippen LogP contribution >= 0.6 is 11.6 Å². The highest BCUT2D eigenvalue weighted by atomic mass is 35.5. The minimum Gasteiger partial charge on any atom is -0.336 e. The minimum absolute atomic E-state index is 0.0108. The standard InChI is InChI=1S/C23H27ClN2O2/c1-16-8-6-11-20(17(16)2)25-21(27)15-26(3)22(28)23(12-4-5-13-23)18-9-7-10-19(24)14-18/h6-11,14H,4-5,12-13,15H2,1-3H3,(H,25,27). The second kappa shape index (κ2) is 8.36. The van der Waals surface area contributed by atoms with Gasteiger partial charge >= 0.3 is 0 Å². The van der Waals surface area contributed by atoms with Gasteiger partial charge < -0.3 is 10.2 Å². The third-order valence-electron chi connectivity index (χ3n) is 5.85. The van der Waals surface area contributed by atoms with Crippen LogP contribution < -0.4 is 5.32 Å². The van der Waals surface area contributed by atoms with Gasteiger partial charge in [0.2, 0.25) is 11.8 Å². The highest BCUT2D eigenvalue weighted by Crippen LogP contribution is 2.43. The van der Waals surface area contributed by atoms with Crippen LogP contribution in [0.15, 0.2) is 42.5 Å². The lowest BCUT2D eigenvalue weighted by molar-refractivity contribution is -0.138. The molecule has 5 heteroatoms. The topological polar surface area (TPSA) is 49.4 Å². The van der Waals surface area contributed by atoms with E-state index in [1.54, 1.807) is 11.9 Å². The lowest BCUT2D eigenvalue weighted by Gasteiger charge is -2.33. The Balaban J connectivity index is 1.75. The van der Waals surface area contributed by atoms with E-state index in [0.717, 1.165) is 48.1 Å². The molecule has 2 aromatic carbocycles. The molecule has 1 N–H and O–H groups in total. The molecule has 1 aliphatic rings. The number of carbonyl (C=O) groups excluding carboxylic acids is 2. The normalized spacial score (nSPS) is 15.3. The Morgan fingerprint density at radius 1 is 1.11 bits per heavy atom. The van der Waals surface area contributed by atoms with E-state index in [1.165, 1.54) is 0 Å². The first-order valence-corrected chi connectivity index (χ1v) is 10.1. The zero-order valence-corrected chi connectivity index (χ0v) is 17.5. The van der Waals surface area contributed by atoms with Crippen molar-refractivity contribution in [2.24, 2.45) is 0 Å². The van der Waals surface area contributed by atoms with Crippen molar-refractivity contribution >= 4 is 29.1 Å². The van der Waals surface area contributed by atoms with Gasteiger partial charge in [0, 0.05) is 17.8 Å². The summed E-state index contributed by atoms with van der Waals surface area (Å²) in [7, 11) is 1.70. The SMILES string of the molecule is Cc1cccc(NC(=O)CN(C)C(=O)C2(c3cccc(Cl)c3)CCCC2)c1C. The number of anilines is 1. The molecule has 148 valence electrons. The lowest BCUT2D eigenvalue weighted by Crippen LogP contribution is -2.46. The van der Waals surface area contributed by atoms with Crippen molar-refractivity contribution < 1.29 is 9.59 Å². The molecule has 0 radical (unpaired) electrons. The third kappa shape index (κ3) is 4.07. The van der Waals surface area contributed by atoms with E-state index >= 15 is 0 Å². The number of nitrogens with zero attached hydrogens (tertiary/aromatic N) is 1. The molecular formula is C23H27ClN2O2. The maximum Gasteiger partial charge on any atom is 0.243 e. The van der Waals surface area contributed by atoms with E-state index < -0.39 is 5.41 Å². The second-order valence-electron chi connectivity index (χ2n) is 7.76. The number of benzene rings is 2. The van der Waals surface area contributed by atoms with Crippen LogP contribution in [0.4, 0.5) is 5.69 Å². The number of aryl methyl sites for hydroxylation is 1. The number of nitrogens with one attached hydrogen (secondary N) is 1. The van der Waals surface area contributed by atoms with Crippen molar-refractivity contribution in [2.75, 3.05) is 18.9 Å². The summed E-state index contributed by atoms with van der Waals surface area (Å²) in [6, 6.07) is 13.4. The first kappa shape index (κ1) is 20.4. The fourth-order valence-corrected chi connectivity index (χ4v) is 4.31. The molecule has 0 heterocycles. The van der Waals surface area contributed by atoms with Gasteiger partial charge in [-0.25, -0.2) is 0 Å². The van der Waals surface area contributed by atoms with Crippen LogP contribution in [0.3, 0.4) is 0 Å². The number of halogens is 1. The fourth-order valence-electron chi connectivity index (χ4n) is 4.12. The van der Waals surface area contributed by atoms with Crippen LogP contribution in [-0.4, -0.2) is 30.3 Å². The van der Waals surface area contributed by atoms with Gasteiger partial charge in [-0.05, 0) is 61.6 Å². The molecule has 2 aromatic rings. The molecule has 28 heavy (non-hydrogen) atoms. The summed E-state index contributed by atoms with van der Waals surface area (Å²) in [6.07, 6.45) is 3.58. The van der Waals surface area contributed by atoms with Gasteiger partial charge in [-0.1, -0.05) is 48.7 Å². The van der Waals surface area contributed by atoms with Crippen LogP contribution in [0.2, 0.25) is 5.02 Å². The van der Waals surface area contributed by atoms with E-state index in [9.17, 15) is 9.59 Å². The third-order valence-corrected chi connectivity index (χ3v) is 6.08. The van der Waals surface area contributed by atoms with Gasteiger partial charge in [-0.15, -0.1) is 0 Å². The zero-order valence-electron chi connectivity index (χ0n) is 16.7. The summed E-state index contributed by atoms with van der Waals surface area (Å²) in [5.41, 5.74) is 3.31. The first-order chi connectivity index (χ1) is 13.3. The molecule has 1 saturated carbocycles. The number of rotatable bonds is 5. The number of carbonyl (C=O) groups is 2. The summed E-state index contributed by atoms with van der Waals surface area (Å²) in [5.74, 6) is -0.202. The number of hydrogen-bond acceptors (Lipinski definition) is 2. The van der Waals surface area contributed by atoms with Crippen molar-refractivity contribution in [2.45, 2.75) is 44.9 Å². The highest BCUT2D eigenvalue weighted by Gasteiger charge is 2.44. The summed E-state index contributed by atoms with van der Waals surface area (Å²) in [4.78, 5) is 27.5. The molecule has 3 rings (SSSR count). The molecule has 0 aliphatic heterocycles. The smallest absolute Gasteiger partial charge is 0.243 e. The molecule has 0 bridgehead atoms. The van der Waals surface area contributed by atoms with E-state index in [-0.39, 0.29) is 18.4 Å². The largest absolute Gasteiger partial charge is 0.336 e. The van der Waals surface area contributed by atoms with E-state index in [0.29, 0.717) is 5.02 Å². The second-order valence-corrected chi connectivity index (χ2v) is 8.19. The van der Waals surface area contributed by atoms with Gasteiger partial charge in [-0.2, -0.15) is 0 Å². The Morgan fingerprint density at radius 2 is 1.79 bits per heavy atom. The zero-order chi connectivity index (χ0) is 20.3. The monoisotopic (exact) mass is 398 g/mol. The van der Waals surface area contributed by atoms with Crippen LogP contribution in [0.25, 0.3) is 0 Å². The van der Waals surface area contributed by atoms with Crippen molar-refractivity contribution in [3.63, 3.8) is 0 Å². The average molecular weight is 399 g/mol. The Labute approximate surface area is 171 Å². The number of amides is 2. The van der Waals surface area contributed by atoms with Gasteiger partial charge in [0.05, 0.1) is 12.0 Å². The molecule has 0 spiro atoms. The molecule has 1 fully saturated rings. The van der Waals surface area contributed by atoms with Crippen molar-refractivity contribution in [3.8, 4) is 0 Å². The average Bonchev–Trinajstić information content (AvgIpc) is 3.16. The highest BCUT2D eigenvalue weighted by molar-refractivity contribution is 6.30. The molecular weight excluding hydrogens is 372 g/mol. The minimum atomic E-state index is -0.584. The van der Waals surface area contributed by atoms with Crippen molar-refractivity contribution in [1.29, 1.82) is 0 Å². The van der Waals surface area contributed by atoms with Gasteiger partial charge in [0.1, 0.15) is 0 Å². The Kier molecular flexibility index (Phi) is 6.09. The quantitative estimate of drug-likeness (QED) is 0.781. The number of hydrogen-bond donors (Lipinski definition) is 1. The maximum absolute atomic E-state index is 13.4. The maximum atomic E-state index is 13.4. The molecule has 0 atom stereocenters. The van der Waals surface area contributed by atoms with E-state index in [2.05, 4.69) is 5.32 Å². The summed E-state index contributed by atoms with van der Waals surface area (Å²) < 4.78 is 0. The van der Waals surface area contributed by atoms with Gasteiger partial charge in [-0.3, -0.25) is 9.59 Å². The van der Waals surface area contributed by atoms with Crippen molar-refractivity contribution in [3.05, 3.63) is 64.2 Å². The summed E-state index contributed by atoms with van der Waals surface area (Å²) >= 11 is 6.18. The number of likely N-dealkylation sites (N-methyl/N-ethyl adjacent to an activating group) is 1. The molecule has 0 aromatic heterocycles. The lowest BCUT2D eigenvalue weighted by atomic mass is 9.77. The predicted molar refractivity (Wildman–Crippen MR) is 114 cm³/mol. The summed E-state index contributed by atoms with van der Waals surface area (Å²) in [6.45, 7) is 4.01. The Morgan fingerprint density at radius 3 is 2.46 bits per heavy atom. The van der Waals surface area contributed by atoms with Crippen LogP contribution in [0.5, 0.6) is 0 Å². The Bertz CT molecular complexity index is 888. The predicted octanol–water partition coefficient (Wildman–Crippen LogP) is 4.87. The van der Waals surface area contributed by atoms with E-state index in [4.69, 9.17) is 11.6 Å². The van der Waals surface area contributed by atoms with Crippen LogP contribution in [0.1, 0.15) is 42.4 Å². The summed E-state index contributed by atoms with van der Waals surface area (Å²) in [5, 5.41) is 3.57. The van der Waals surface area contributed by atoms with Crippen molar-refractivity contribution in [1.82, 2.24) is 4.90 Å². The molecule has 1 aliphatic carbocycles. The molecule has 0 saturated heterocycles. The fraction of sp³-hybridized carbons (Fsp3) is 0.391. The molecule has 0 unspecified atom stereocenters. The van der Waals surface area contributed by atoms with Crippen LogP contribution in [0, 0.1) is 13.8 Å². The molecule has 4 nitrogen and oxygen atoms in total. The van der Waals surface area contributed by atoms with Gasteiger partial charge in [0.15, 0.2) is 0 Å². The van der Waals surface area contributed by atoms with Crippen LogP contribution in [-0.2, 0) is 15.0 Å². The van der Waals surface area contributed by atoms with E-state index in [1.807, 2.05) is 56.3 Å². The first-order valence-electron chi connectivity index (χ1n) is 9.71. The molecule has 2 amide bonds. The Hall–Kier alpha value is -2.33. The van der Waals surface area contributed by atoms with Gasteiger partial charge in [0.25, 0.3) is 0 Å².